The van der Waals surface area contributed by atoms with E-state index >= 15 is 0 Å². The van der Waals surface area contributed by atoms with Gasteiger partial charge >= 0.3 is 0 Å². The number of amides is 1. The summed E-state index contributed by atoms with van der Waals surface area (Å²) in [5, 5.41) is 3.78. The molecule has 4 rings (SSSR count). The van der Waals surface area contributed by atoms with E-state index in [1.54, 1.807) is 42.2 Å². The van der Waals surface area contributed by atoms with E-state index < -0.39 is 0 Å². The van der Waals surface area contributed by atoms with Crippen LogP contribution in [0.2, 0.25) is 0 Å². The second kappa shape index (κ2) is 6.67. The number of rotatable bonds is 5. The van der Waals surface area contributed by atoms with Crippen LogP contribution in [-0.4, -0.2) is 25.7 Å². The van der Waals surface area contributed by atoms with Gasteiger partial charge in [-0.3, -0.25) is 10.2 Å². The zero-order chi connectivity index (χ0) is 17.9. The number of carbonyl (C=O) groups is 1. The first-order valence-corrected chi connectivity index (χ1v) is 7.95. The molecule has 130 valence electrons. The SMILES string of the molecule is Cc1nc(COc2ccccc2C(=O)Nn2cnc3ccccc32)no1. The molecule has 1 N–H and O–H groups in total. The second-order valence-corrected chi connectivity index (χ2v) is 5.56. The Balaban J connectivity index is 1.54. The first kappa shape index (κ1) is 15.8. The number of para-hydroxylation sites is 3. The highest BCUT2D eigenvalue weighted by Gasteiger charge is 2.14. The molecule has 0 aliphatic rings. The van der Waals surface area contributed by atoms with Crippen molar-refractivity contribution in [2.45, 2.75) is 13.5 Å². The lowest BCUT2D eigenvalue weighted by Gasteiger charge is -2.11. The minimum atomic E-state index is -0.312. The number of aryl methyl sites for hydroxylation is 1. The Morgan fingerprint density at radius 3 is 2.85 bits per heavy atom. The fourth-order valence-corrected chi connectivity index (χ4v) is 2.54. The van der Waals surface area contributed by atoms with Crippen LogP contribution < -0.4 is 10.2 Å². The van der Waals surface area contributed by atoms with E-state index in [-0.39, 0.29) is 12.5 Å². The van der Waals surface area contributed by atoms with Crippen LogP contribution >= 0.6 is 0 Å². The third kappa shape index (κ3) is 3.12. The zero-order valence-electron chi connectivity index (χ0n) is 13.9. The van der Waals surface area contributed by atoms with Crippen LogP contribution in [0.15, 0.2) is 59.4 Å². The van der Waals surface area contributed by atoms with Gasteiger partial charge in [0.25, 0.3) is 5.91 Å². The first-order chi connectivity index (χ1) is 12.7. The predicted molar refractivity (Wildman–Crippen MR) is 93.2 cm³/mol. The molecule has 4 aromatic rings. The average Bonchev–Trinajstić information content (AvgIpc) is 3.27. The summed E-state index contributed by atoms with van der Waals surface area (Å²) in [6, 6.07) is 14.5. The average molecular weight is 349 g/mol. The van der Waals surface area contributed by atoms with Gasteiger partial charge in [0.05, 0.1) is 16.6 Å². The molecule has 0 unspecified atom stereocenters. The molecule has 2 aromatic carbocycles. The molecule has 0 atom stereocenters. The molecule has 2 heterocycles. The van der Waals surface area contributed by atoms with Crippen LogP contribution in [0.1, 0.15) is 22.1 Å². The Morgan fingerprint density at radius 2 is 2.00 bits per heavy atom. The van der Waals surface area contributed by atoms with Gasteiger partial charge in [0.2, 0.25) is 11.7 Å². The summed E-state index contributed by atoms with van der Waals surface area (Å²) in [5.41, 5.74) is 4.81. The second-order valence-electron chi connectivity index (χ2n) is 5.56. The van der Waals surface area contributed by atoms with Gasteiger partial charge in [-0.15, -0.1) is 0 Å². The molecule has 1 amide bonds. The summed E-state index contributed by atoms with van der Waals surface area (Å²) in [5.74, 6) is 0.991. The highest BCUT2D eigenvalue weighted by Crippen LogP contribution is 2.20. The molecule has 0 spiro atoms. The lowest BCUT2D eigenvalue weighted by molar-refractivity contribution is 0.100. The summed E-state index contributed by atoms with van der Waals surface area (Å²) >= 11 is 0. The fourth-order valence-electron chi connectivity index (χ4n) is 2.54. The third-order valence-corrected chi connectivity index (χ3v) is 3.73. The van der Waals surface area contributed by atoms with Crippen LogP contribution in [0, 0.1) is 6.92 Å². The number of carbonyl (C=O) groups excluding carboxylic acids is 1. The number of hydrogen-bond acceptors (Lipinski definition) is 6. The molecule has 0 bridgehead atoms. The smallest absolute Gasteiger partial charge is 0.273 e. The van der Waals surface area contributed by atoms with Crippen LogP contribution in [0.25, 0.3) is 11.0 Å². The van der Waals surface area contributed by atoms with Gasteiger partial charge in [-0.05, 0) is 24.3 Å². The van der Waals surface area contributed by atoms with Gasteiger partial charge in [-0.2, -0.15) is 4.98 Å². The van der Waals surface area contributed by atoms with Crippen molar-refractivity contribution in [2.75, 3.05) is 5.43 Å². The largest absolute Gasteiger partial charge is 0.485 e. The van der Waals surface area contributed by atoms with Crippen molar-refractivity contribution in [2.24, 2.45) is 0 Å². The maximum absolute atomic E-state index is 12.7. The lowest BCUT2D eigenvalue weighted by Crippen LogP contribution is -2.22. The maximum atomic E-state index is 12.7. The van der Waals surface area contributed by atoms with Crippen LogP contribution in [-0.2, 0) is 6.61 Å². The van der Waals surface area contributed by atoms with Crippen LogP contribution in [0.4, 0.5) is 0 Å². The normalized spacial score (nSPS) is 10.8. The number of ether oxygens (including phenoxy) is 1. The number of nitrogens with one attached hydrogen (secondary N) is 1. The molecule has 8 nitrogen and oxygen atoms in total. The summed E-state index contributed by atoms with van der Waals surface area (Å²) in [7, 11) is 0. The summed E-state index contributed by atoms with van der Waals surface area (Å²) in [6.45, 7) is 1.81. The number of nitrogens with zero attached hydrogens (tertiary/aromatic N) is 4. The summed E-state index contributed by atoms with van der Waals surface area (Å²) in [6.07, 6.45) is 1.56. The topological polar surface area (TPSA) is 95.1 Å². The molecule has 0 fully saturated rings. The van der Waals surface area contributed by atoms with E-state index in [1.807, 2.05) is 24.3 Å². The maximum Gasteiger partial charge on any atom is 0.273 e. The minimum absolute atomic E-state index is 0.107. The molecular weight excluding hydrogens is 334 g/mol. The molecule has 0 radical (unpaired) electrons. The van der Waals surface area contributed by atoms with E-state index in [1.165, 1.54) is 0 Å². The van der Waals surface area contributed by atoms with E-state index in [4.69, 9.17) is 9.26 Å². The Labute approximate surface area is 148 Å². The molecule has 26 heavy (non-hydrogen) atoms. The highest BCUT2D eigenvalue weighted by atomic mass is 16.5. The minimum Gasteiger partial charge on any atom is -0.485 e. The van der Waals surface area contributed by atoms with Crippen molar-refractivity contribution in [1.29, 1.82) is 0 Å². The first-order valence-electron chi connectivity index (χ1n) is 7.95. The quantitative estimate of drug-likeness (QED) is 0.595. The number of imidazole rings is 1. The van der Waals surface area contributed by atoms with Gasteiger partial charge in [0.15, 0.2) is 6.61 Å². The Morgan fingerprint density at radius 1 is 1.19 bits per heavy atom. The van der Waals surface area contributed by atoms with Crippen molar-refractivity contribution < 1.29 is 14.1 Å². The van der Waals surface area contributed by atoms with Crippen LogP contribution in [0.3, 0.4) is 0 Å². The molecule has 2 aromatic heterocycles. The number of benzene rings is 2. The predicted octanol–water partition coefficient (Wildman–Crippen LogP) is 2.69. The fraction of sp³-hybridized carbons (Fsp3) is 0.111. The highest BCUT2D eigenvalue weighted by molar-refractivity contribution is 6.02. The van der Waals surface area contributed by atoms with Crippen molar-refractivity contribution in [3.8, 4) is 5.75 Å². The third-order valence-electron chi connectivity index (χ3n) is 3.73. The number of aromatic nitrogens is 4. The van der Waals surface area contributed by atoms with E-state index in [9.17, 15) is 4.79 Å². The van der Waals surface area contributed by atoms with Crippen molar-refractivity contribution in [3.05, 3.63) is 72.1 Å². The van der Waals surface area contributed by atoms with Crippen molar-refractivity contribution in [1.82, 2.24) is 19.8 Å². The standard InChI is InChI=1S/C18H15N5O3/c1-12-20-17(22-26-12)10-25-16-9-5-2-6-13(16)18(24)21-23-11-19-14-7-3-4-8-15(14)23/h2-9,11H,10H2,1H3,(H,21,24). The van der Waals surface area contributed by atoms with Crippen LogP contribution in [0.5, 0.6) is 5.75 Å². The Kier molecular flexibility index (Phi) is 4.06. The van der Waals surface area contributed by atoms with Gasteiger partial charge in [-0.1, -0.05) is 29.4 Å². The monoisotopic (exact) mass is 349 g/mol. The molecular formula is C18H15N5O3. The van der Waals surface area contributed by atoms with Crippen molar-refractivity contribution in [3.63, 3.8) is 0 Å². The van der Waals surface area contributed by atoms with E-state index in [2.05, 4.69) is 20.6 Å². The van der Waals surface area contributed by atoms with Gasteiger partial charge in [0, 0.05) is 6.92 Å². The molecule has 0 saturated carbocycles. The van der Waals surface area contributed by atoms with Gasteiger partial charge in [0.1, 0.15) is 12.1 Å². The van der Waals surface area contributed by atoms with Gasteiger partial charge < -0.3 is 9.26 Å². The van der Waals surface area contributed by atoms with Crippen molar-refractivity contribution >= 4 is 16.9 Å². The van der Waals surface area contributed by atoms with Gasteiger partial charge in [-0.25, -0.2) is 9.66 Å². The number of hydrogen-bond donors (Lipinski definition) is 1. The lowest BCUT2D eigenvalue weighted by atomic mass is 10.2. The molecule has 0 aliphatic heterocycles. The number of fused-ring (bicyclic) bond motifs is 1. The molecule has 0 aliphatic carbocycles. The molecule has 0 saturated heterocycles. The summed E-state index contributed by atoms with van der Waals surface area (Å²) in [4.78, 5) is 21.0. The molecule has 8 heteroatoms. The summed E-state index contributed by atoms with van der Waals surface area (Å²) < 4.78 is 12.2. The zero-order valence-corrected chi connectivity index (χ0v) is 13.9. The van der Waals surface area contributed by atoms with E-state index in [0.717, 1.165) is 11.0 Å². The van der Waals surface area contributed by atoms with E-state index in [0.29, 0.717) is 23.0 Å². The Hall–Kier alpha value is -3.68. The Bertz CT molecular complexity index is 1070.